The zero-order valence-corrected chi connectivity index (χ0v) is 12.0. The Labute approximate surface area is 125 Å². The van der Waals surface area contributed by atoms with Crippen LogP contribution in [-0.4, -0.2) is 18.0 Å². The van der Waals surface area contributed by atoms with E-state index in [1.807, 2.05) is 0 Å². The normalized spacial score (nSPS) is 16.4. The number of ether oxygens (including phenoxy) is 1. The molecule has 1 aromatic carbocycles. The minimum atomic E-state index is -1.67. The number of rotatable bonds is 4. The van der Waals surface area contributed by atoms with Gasteiger partial charge >= 0.3 is 5.97 Å². The van der Waals surface area contributed by atoms with Crippen LogP contribution in [0.5, 0.6) is 0 Å². The number of hydrogen-bond acceptors (Lipinski definition) is 3. The summed E-state index contributed by atoms with van der Waals surface area (Å²) in [6.45, 7) is 1.33. The SMILES string of the molecule is C[C@@H](OC(=O)C1CCCC1)C(=O)Nc1ccc(F)c(F)c1F. The molecule has 7 heteroatoms. The predicted molar refractivity (Wildman–Crippen MR) is 72.5 cm³/mol. The van der Waals surface area contributed by atoms with Crippen molar-refractivity contribution in [1.29, 1.82) is 0 Å². The highest BCUT2D eigenvalue weighted by atomic mass is 19.2. The zero-order valence-electron chi connectivity index (χ0n) is 12.0. The van der Waals surface area contributed by atoms with Gasteiger partial charge in [0.2, 0.25) is 0 Å². The van der Waals surface area contributed by atoms with Crippen molar-refractivity contribution in [3.63, 3.8) is 0 Å². The third-order valence-electron chi connectivity index (χ3n) is 3.64. The molecule has 1 aliphatic carbocycles. The van der Waals surface area contributed by atoms with Crippen LogP contribution in [0, 0.1) is 23.4 Å². The first-order valence-electron chi connectivity index (χ1n) is 7.05. The molecule has 0 aromatic heterocycles. The lowest BCUT2D eigenvalue weighted by Crippen LogP contribution is -2.32. The topological polar surface area (TPSA) is 55.4 Å². The van der Waals surface area contributed by atoms with Crippen LogP contribution in [-0.2, 0) is 14.3 Å². The molecule has 0 aliphatic heterocycles. The summed E-state index contributed by atoms with van der Waals surface area (Å²) in [5, 5.41) is 2.08. The molecule has 0 heterocycles. The number of carbonyl (C=O) groups excluding carboxylic acids is 2. The molecular formula is C15H16F3NO3. The quantitative estimate of drug-likeness (QED) is 0.686. The molecule has 2 rings (SSSR count). The molecule has 0 unspecified atom stereocenters. The fourth-order valence-electron chi connectivity index (χ4n) is 2.34. The van der Waals surface area contributed by atoms with Crippen molar-refractivity contribution in [3.8, 4) is 0 Å². The lowest BCUT2D eigenvalue weighted by Gasteiger charge is -2.16. The van der Waals surface area contributed by atoms with Gasteiger partial charge in [-0.1, -0.05) is 12.8 Å². The van der Waals surface area contributed by atoms with E-state index < -0.39 is 41.1 Å². The van der Waals surface area contributed by atoms with Crippen LogP contribution in [0.25, 0.3) is 0 Å². The van der Waals surface area contributed by atoms with Crippen LogP contribution in [0.1, 0.15) is 32.6 Å². The smallest absolute Gasteiger partial charge is 0.309 e. The average Bonchev–Trinajstić information content (AvgIpc) is 3.02. The van der Waals surface area contributed by atoms with Crippen LogP contribution in [0.4, 0.5) is 18.9 Å². The maximum atomic E-state index is 13.5. The molecule has 22 heavy (non-hydrogen) atoms. The monoisotopic (exact) mass is 315 g/mol. The van der Waals surface area contributed by atoms with E-state index in [1.165, 1.54) is 6.92 Å². The fraction of sp³-hybridized carbons (Fsp3) is 0.467. The molecule has 1 aliphatic rings. The van der Waals surface area contributed by atoms with Gasteiger partial charge in [0.05, 0.1) is 11.6 Å². The van der Waals surface area contributed by atoms with E-state index in [2.05, 4.69) is 5.32 Å². The fourth-order valence-corrected chi connectivity index (χ4v) is 2.34. The Kier molecular flexibility index (Phi) is 5.05. The van der Waals surface area contributed by atoms with Crippen LogP contribution < -0.4 is 5.32 Å². The highest BCUT2D eigenvalue weighted by Crippen LogP contribution is 2.26. The maximum absolute atomic E-state index is 13.5. The van der Waals surface area contributed by atoms with Crippen molar-refractivity contribution in [3.05, 3.63) is 29.6 Å². The van der Waals surface area contributed by atoms with Crippen molar-refractivity contribution in [2.75, 3.05) is 5.32 Å². The van der Waals surface area contributed by atoms with Gasteiger partial charge in [-0.2, -0.15) is 0 Å². The number of hydrogen-bond donors (Lipinski definition) is 1. The molecule has 1 atom stereocenters. The predicted octanol–water partition coefficient (Wildman–Crippen LogP) is 3.16. The Hall–Kier alpha value is -2.05. The van der Waals surface area contributed by atoms with Crippen LogP contribution in [0.3, 0.4) is 0 Å². The first-order valence-corrected chi connectivity index (χ1v) is 7.05. The number of halogens is 3. The number of benzene rings is 1. The summed E-state index contributed by atoms with van der Waals surface area (Å²) in [6, 6.07) is 1.60. The summed E-state index contributed by atoms with van der Waals surface area (Å²) >= 11 is 0. The van der Waals surface area contributed by atoms with E-state index in [1.54, 1.807) is 0 Å². The molecular weight excluding hydrogens is 299 g/mol. The van der Waals surface area contributed by atoms with E-state index in [9.17, 15) is 22.8 Å². The summed E-state index contributed by atoms with van der Waals surface area (Å²) < 4.78 is 44.4. The lowest BCUT2D eigenvalue weighted by molar-refractivity contribution is -0.157. The molecule has 4 nitrogen and oxygen atoms in total. The summed E-state index contributed by atoms with van der Waals surface area (Å²) in [4.78, 5) is 23.6. The van der Waals surface area contributed by atoms with E-state index in [0.717, 1.165) is 31.7 Å². The number of anilines is 1. The summed E-state index contributed by atoms with van der Waals surface area (Å²) in [7, 11) is 0. The standard InChI is InChI=1S/C15H16F3NO3/c1-8(22-15(21)9-4-2-3-5-9)14(20)19-11-7-6-10(16)12(17)13(11)18/h6-9H,2-5H2,1H3,(H,19,20)/t8-/m1/s1. The van der Waals surface area contributed by atoms with Crippen molar-refractivity contribution in [2.45, 2.75) is 38.7 Å². The lowest BCUT2D eigenvalue weighted by atomic mass is 10.1. The first-order chi connectivity index (χ1) is 10.4. The second-order valence-electron chi connectivity index (χ2n) is 5.27. The molecule has 0 radical (unpaired) electrons. The highest BCUT2D eigenvalue weighted by molar-refractivity contribution is 5.95. The Morgan fingerprint density at radius 2 is 1.82 bits per heavy atom. The van der Waals surface area contributed by atoms with E-state index >= 15 is 0 Å². The maximum Gasteiger partial charge on any atom is 0.309 e. The minimum Gasteiger partial charge on any atom is -0.452 e. The van der Waals surface area contributed by atoms with Gasteiger partial charge in [-0.3, -0.25) is 9.59 Å². The number of esters is 1. The molecule has 120 valence electrons. The van der Waals surface area contributed by atoms with E-state index in [-0.39, 0.29) is 5.92 Å². The van der Waals surface area contributed by atoms with Crippen molar-refractivity contribution >= 4 is 17.6 Å². The van der Waals surface area contributed by atoms with Crippen molar-refractivity contribution in [1.82, 2.24) is 0 Å². The van der Waals surface area contributed by atoms with Gasteiger partial charge < -0.3 is 10.1 Å². The van der Waals surface area contributed by atoms with Crippen molar-refractivity contribution in [2.24, 2.45) is 5.92 Å². The summed E-state index contributed by atoms with van der Waals surface area (Å²) in [5.41, 5.74) is -0.507. The van der Waals surface area contributed by atoms with Gasteiger partial charge in [0.15, 0.2) is 23.6 Å². The van der Waals surface area contributed by atoms with Gasteiger partial charge in [0.25, 0.3) is 5.91 Å². The largest absolute Gasteiger partial charge is 0.452 e. The second-order valence-corrected chi connectivity index (χ2v) is 5.27. The number of nitrogens with one attached hydrogen (secondary N) is 1. The first kappa shape index (κ1) is 16.3. The third kappa shape index (κ3) is 3.58. The highest BCUT2D eigenvalue weighted by Gasteiger charge is 2.28. The van der Waals surface area contributed by atoms with Crippen molar-refractivity contribution < 1.29 is 27.5 Å². The summed E-state index contributed by atoms with van der Waals surface area (Å²) in [6.07, 6.45) is 2.19. The molecule has 1 aromatic rings. The molecule has 1 saturated carbocycles. The Morgan fingerprint density at radius 3 is 2.45 bits per heavy atom. The van der Waals surface area contributed by atoms with Gasteiger partial charge in [-0.25, -0.2) is 13.2 Å². The minimum absolute atomic E-state index is 0.213. The van der Waals surface area contributed by atoms with Crippen LogP contribution >= 0.6 is 0 Å². The molecule has 0 saturated heterocycles. The van der Waals surface area contributed by atoms with E-state index in [4.69, 9.17) is 4.74 Å². The van der Waals surface area contributed by atoms with Gasteiger partial charge in [0.1, 0.15) is 0 Å². The Bertz CT molecular complexity index is 586. The summed E-state index contributed by atoms with van der Waals surface area (Å²) in [5.74, 6) is -6.01. The number of amides is 1. The Balaban J connectivity index is 1.96. The molecule has 0 bridgehead atoms. The van der Waals surface area contributed by atoms with E-state index in [0.29, 0.717) is 6.07 Å². The van der Waals surface area contributed by atoms with Gasteiger partial charge in [0, 0.05) is 0 Å². The van der Waals surface area contributed by atoms with Crippen LogP contribution in [0.2, 0.25) is 0 Å². The molecule has 1 N–H and O–H groups in total. The molecule has 1 amide bonds. The Morgan fingerprint density at radius 1 is 1.18 bits per heavy atom. The second kappa shape index (κ2) is 6.81. The van der Waals surface area contributed by atoms with Crippen LogP contribution in [0.15, 0.2) is 12.1 Å². The van der Waals surface area contributed by atoms with Gasteiger partial charge in [-0.05, 0) is 31.9 Å². The zero-order chi connectivity index (χ0) is 16.3. The molecule has 0 spiro atoms. The average molecular weight is 315 g/mol. The molecule has 1 fully saturated rings. The third-order valence-corrected chi connectivity index (χ3v) is 3.64. The van der Waals surface area contributed by atoms with Gasteiger partial charge in [-0.15, -0.1) is 0 Å². The number of carbonyl (C=O) groups is 2.